The van der Waals surface area contributed by atoms with E-state index in [0.29, 0.717) is 17.9 Å². The third-order valence-electron chi connectivity index (χ3n) is 3.44. The van der Waals surface area contributed by atoms with Crippen LogP contribution in [0.2, 0.25) is 0 Å². The van der Waals surface area contributed by atoms with Crippen LogP contribution in [0, 0.1) is 24.7 Å². The van der Waals surface area contributed by atoms with Crippen LogP contribution < -0.4 is 0 Å². The van der Waals surface area contributed by atoms with Crippen molar-refractivity contribution in [1.82, 2.24) is 4.90 Å². The van der Waals surface area contributed by atoms with E-state index in [1.807, 2.05) is 32.2 Å². The number of carbonyl (C=O) groups is 1. The van der Waals surface area contributed by atoms with Crippen LogP contribution in [0.4, 0.5) is 0 Å². The molecule has 3 heteroatoms. The van der Waals surface area contributed by atoms with Gasteiger partial charge in [0.1, 0.15) is 0 Å². The number of aliphatic hydroxyl groups is 1. The maximum atomic E-state index is 12.5. The molecule has 0 aliphatic heterocycles. The lowest BCUT2D eigenvalue weighted by atomic mass is 10.0. The van der Waals surface area contributed by atoms with Crippen molar-refractivity contribution in [3.8, 4) is 11.8 Å². The molecule has 0 spiro atoms. The fraction of sp³-hybridized carbons (Fsp3) is 0.471. The molecule has 1 aromatic rings. The van der Waals surface area contributed by atoms with Gasteiger partial charge >= 0.3 is 0 Å². The van der Waals surface area contributed by atoms with Gasteiger partial charge in [-0.2, -0.15) is 0 Å². The molecule has 0 atom stereocenters. The summed E-state index contributed by atoms with van der Waals surface area (Å²) in [4.78, 5) is 14.3. The maximum Gasteiger partial charge on any atom is 0.254 e. The number of amides is 1. The van der Waals surface area contributed by atoms with Gasteiger partial charge in [-0.05, 0) is 43.4 Å². The van der Waals surface area contributed by atoms with Gasteiger partial charge < -0.3 is 10.0 Å². The molecule has 106 valence electrons. The molecule has 0 bridgehead atoms. The van der Waals surface area contributed by atoms with Crippen LogP contribution in [0.5, 0.6) is 0 Å². The summed E-state index contributed by atoms with van der Waals surface area (Å²) < 4.78 is 0. The maximum absolute atomic E-state index is 12.5. The quantitative estimate of drug-likeness (QED) is 0.853. The Balaban J connectivity index is 2.20. The Morgan fingerprint density at radius 2 is 2.20 bits per heavy atom. The number of rotatable bonds is 4. The third-order valence-corrected chi connectivity index (χ3v) is 3.44. The highest BCUT2D eigenvalue weighted by atomic mass is 16.2. The van der Waals surface area contributed by atoms with Crippen molar-refractivity contribution in [3.05, 3.63) is 34.9 Å². The van der Waals surface area contributed by atoms with E-state index in [9.17, 15) is 4.79 Å². The second kappa shape index (κ2) is 6.58. The molecule has 1 N–H and O–H groups in total. The Hall–Kier alpha value is -1.79. The molecule has 1 amide bonds. The number of benzene rings is 1. The summed E-state index contributed by atoms with van der Waals surface area (Å²) in [5.74, 6) is 6.61. The van der Waals surface area contributed by atoms with Crippen molar-refractivity contribution >= 4 is 5.91 Å². The highest BCUT2D eigenvalue weighted by molar-refractivity contribution is 5.96. The molecule has 1 aromatic carbocycles. The number of hydrogen-bond donors (Lipinski definition) is 1. The van der Waals surface area contributed by atoms with Crippen LogP contribution in [-0.4, -0.2) is 36.1 Å². The average molecular weight is 271 g/mol. The van der Waals surface area contributed by atoms with Crippen LogP contribution in [0.1, 0.15) is 40.7 Å². The number of aryl methyl sites for hydroxylation is 1. The van der Waals surface area contributed by atoms with Gasteiger partial charge in [0.25, 0.3) is 5.91 Å². The molecule has 0 saturated heterocycles. The lowest BCUT2D eigenvalue weighted by Crippen LogP contribution is -2.29. The summed E-state index contributed by atoms with van der Waals surface area (Å²) in [6.45, 7) is 2.86. The second-order valence-corrected chi connectivity index (χ2v) is 5.45. The zero-order valence-electron chi connectivity index (χ0n) is 12.1. The highest BCUT2D eigenvalue weighted by Gasteiger charge is 2.25. The summed E-state index contributed by atoms with van der Waals surface area (Å²) in [5, 5.41) is 8.79. The van der Waals surface area contributed by atoms with E-state index < -0.39 is 0 Å². The van der Waals surface area contributed by atoms with E-state index in [-0.39, 0.29) is 12.5 Å². The summed E-state index contributed by atoms with van der Waals surface area (Å²) >= 11 is 0. The predicted molar refractivity (Wildman–Crippen MR) is 79.4 cm³/mol. The number of nitrogens with zero attached hydrogens (tertiary/aromatic N) is 1. The number of hydrogen-bond acceptors (Lipinski definition) is 2. The normalized spacial score (nSPS) is 13.6. The van der Waals surface area contributed by atoms with E-state index in [2.05, 4.69) is 11.8 Å². The topological polar surface area (TPSA) is 40.5 Å². The fourth-order valence-electron chi connectivity index (χ4n) is 2.14. The standard InChI is InChI=1S/C17H21NO2/c1-13-6-9-16(15(11-13)5-3-4-10-19)17(20)18(2)12-14-7-8-14/h6,9,11,14,19H,4,7-8,10,12H2,1-2H3. The fourth-order valence-corrected chi connectivity index (χ4v) is 2.14. The zero-order chi connectivity index (χ0) is 14.5. The van der Waals surface area contributed by atoms with Crippen LogP contribution in [-0.2, 0) is 0 Å². The average Bonchev–Trinajstić information content (AvgIpc) is 3.22. The van der Waals surface area contributed by atoms with Gasteiger partial charge in [-0.25, -0.2) is 0 Å². The zero-order valence-corrected chi connectivity index (χ0v) is 12.1. The molecule has 1 aliphatic carbocycles. The molecule has 0 radical (unpaired) electrons. The molecule has 3 nitrogen and oxygen atoms in total. The molecule has 1 fully saturated rings. The molecular weight excluding hydrogens is 250 g/mol. The lowest BCUT2D eigenvalue weighted by molar-refractivity contribution is 0.0788. The molecule has 0 aromatic heterocycles. The second-order valence-electron chi connectivity index (χ2n) is 5.45. The molecule has 20 heavy (non-hydrogen) atoms. The van der Waals surface area contributed by atoms with Crippen molar-refractivity contribution in [2.75, 3.05) is 20.2 Å². The first-order valence-electron chi connectivity index (χ1n) is 7.07. The SMILES string of the molecule is Cc1ccc(C(=O)N(C)CC2CC2)c(C#CCCO)c1. The summed E-state index contributed by atoms with van der Waals surface area (Å²) in [5.41, 5.74) is 2.50. The minimum Gasteiger partial charge on any atom is -0.395 e. The highest BCUT2D eigenvalue weighted by Crippen LogP contribution is 2.29. The Morgan fingerprint density at radius 1 is 1.45 bits per heavy atom. The largest absolute Gasteiger partial charge is 0.395 e. The van der Waals surface area contributed by atoms with E-state index >= 15 is 0 Å². The molecule has 0 unspecified atom stereocenters. The Morgan fingerprint density at radius 3 is 2.85 bits per heavy atom. The van der Waals surface area contributed by atoms with Gasteiger partial charge in [-0.15, -0.1) is 0 Å². The first-order chi connectivity index (χ1) is 9.61. The molecular formula is C17H21NO2. The van der Waals surface area contributed by atoms with E-state index in [1.165, 1.54) is 12.8 Å². The van der Waals surface area contributed by atoms with Crippen LogP contribution in [0.3, 0.4) is 0 Å². The van der Waals surface area contributed by atoms with Crippen molar-refractivity contribution in [3.63, 3.8) is 0 Å². The first-order valence-corrected chi connectivity index (χ1v) is 7.07. The van der Waals surface area contributed by atoms with Gasteiger partial charge in [-0.1, -0.05) is 17.9 Å². The van der Waals surface area contributed by atoms with Crippen molar-refractivity contribution in [1.29, 1.82) is 0 Å². The summed E-state index contributed by atoms with van der Waals surface area (Å²) in [7, 11) is 1.85. The Bertz CT molecular complexity index is 550. The Labute approximate surface area is 120 Å². The van der Waals surface area contributed by atoms with E-state index in [1.54, 1.807) is 4.90 Å². The van der Waals surface area contributed by atoms with Gasteiger partial charge in [0.2, 0.25) is 0 Å². The smallest absolute Gasteiger partial charge is 0.254 e. The van der Waals surface area contributed by atoms with Crippen molar-refractivity contribution in [2.24, 2.45) is 5.92 Å². The lowest BCUT2D eigenvalue weighted by Gasteiger charge is -2.18. The molecule has 1 aliphatic rings. The summed E-state index contributed by atoms with van der Waals surface area (Å²) in [6.07, 6.45) is 2.89. The van der Waals surface area contributed by atoms with Crippen LogP contribution in [0.15, 0.2) is 18.2 Å². The van der Waals surface area contributed by atoms with Gasteiger partial charge in [0.05, 0.1) is 12.2 Å². The predicted octanol–water partition coefficient (Wildman–Crippen LogP) is 2.21. The van der Waals surface area contributed by atoms with Crippen LogP contribution in [0.25, 0.3) is 0 Å². The van der Waals surface area contributed by atoms with Gasteiger partial charge in [0, 0.05) is 25.6 Å². The summed E-state index contributed by atoms with van der Waals surface area (Å²) in [6, 6.07) is 5.72. The first kappa shape index (κ1) is 14.6. The van der Waals surface area contributed by atoms with Crippen molar-refractivity contribution in [2.45, 2.75) is 26.2 Å². The Kier molecular flexibility index (Phi) is 4.81. The number of aliphatic hydroxyl groups excluding tert-OH is 1. The molecule has 0 heterocycles. The minimum absolute atomic E-state index is 0.0326. The van der Waals surface area contributed by atoms with Gasteiger partial charge in [-0.3, -0.25) is 4.79 Å². The van der Waals surface area contributed by atoms with Crippen LogP contribution >= 0.6 is 0 Å². The van der Waals surface area contributed by atoms with E-state index in [4.69, 9.17) is 5.11 Å². The monoisotopic (exact) mass is 271 g/mol. The van der Waals surface area contributed by atoms with Crippen molar-refractivity contribution < 1.29 is 9.90 Å². The minimum atomic E-state index is 0.0326. The third kappa shape index (κ3) is 3.85. The molecule has 2 rings (SSSR count). The van der Waals surface area contributed by atoms with Gasteiger partial charge in [0.15, 0.2) is 0 Å². The van der Waals surface area contributed by atoms with E-state index in [0.717, 1.165) is 17.7 Å². The number of carbonyl (C=O) groups excluding carboxylic acids is 1. The molecule has 1 saturated carbocycles.